The van der Waals surface area contributed by atoms with Crippen molar-refractivity contribution in [3.8, 4) is 5.75 Å². The maximum Gasteiger partial charge on any atom is 0.252 e. The van der Waals surface area contributed by atoms with Crippen LogP contribution < -0.4 is 10.1 Å². The Morgan fingerprint density at radius 2 is 2.03 bits per heavy atom. The summed E-state index contributed by atoms with van der Waals surface area (Å²) < 4.78 is 11.5. The van der Waals surface area contributed by atoms with E-state index in [4.69, 9.17) is 14.5 Å². The van der Waals surface area contributed by atoms with Gasteiger partial charge in [0.15, 0.2) is 0 Å². The molecule has 4 rings (SSSR count). The molecule has 0 aliphatic carbocycles. The fourth-order valence-electron chi connectivity index (χ4n) is 4.07. The molecule has 0 spiro atoms. The van der Waals surface area contributed by atoms with Crippen LogP contribution in [0.2, 0.25) is 0 Å². The summed E-state index contributed by atoms with van der Waals surface area (Å²) in [5, 5.41) is 3.86. The summed E-state index contributed by atoms with van der Waals surface area (Å²) in [7, 11) is 1.69. The van der Waals surface area contributed by atoms with Crippen molar-refractivity contribution in [1.29, 1.82) is 0 Å². The molecular formula is C27H31N3O3. The van der Waals surface area contributed by atoms with Gasteiger partial charge in [0.05, 0.1) is 30.5 Å². The highest BCUT2D eigenvalue weighted by Crippen LogP contribution is 2.26. The van der Waals surface area contributed by atoms with Crippen LogP contribution in [0, 0.1) is 0 Å². The number of ether oxygens (including phenoxy) is 2. The Bertz CT molecular complexity index is 1140. The molecule has 1 fully saturated rings. The molecule has 1 aliphatic rings. The van der Waals surface area contributed by atoms with Crippen LogP contribution in [0.15, 0.2) is 60.7 Å². The molecule has 1 amide bonds. The summed E-state index contributed by atoms with van der Waals surface area (Å²) >= 11 is 0. The van der Waals surface area contributed by atoms with Crippen molar-refractivity contribution in [3.05, 3.63) is 77.5 Å². The van der Waals surface area contributed by atoms with Crippen LogP contribution in [0.25, 0.3) is 17.0 Å². The van der Waals surface area contributed by atoms with E-state index in [-0.39, 0.29) is 18.1 Å². The minimum Gasteiger partial charge on any atom is -0.496 e. The summed E-state index contributed by atoms with van der Waals surface area (Å²) in [6, 6.07) is 17.7. The SMILES string of the molecule is COc1ccccc1/C=C/CN1CCOC(c2cc(C(=O)NC(C)C)c3ccccc3n2)C1. The number of nitrogens with zero attached hydrogens (tertiary/aromatic N) is 2. The Hall–Kier alpha value is -3.22. The fraction of sp³-hybridized carbons (Fsp3) is 0.333. The average molecular weight is 446 g/mol. The van der Waals surface area contributed by atoms with Gasteiger partial charge < -0.3 is 14.8 Å². The Balaban J connectivity index is 1.52. The number of benzene rings is 2. The van der Waals surface area contributed by atoms with E-state index in [1.54, 1.807) is 7.11 Å². The number of hydrogen-bond acceptors (Lipinski definition) is 5. The van der Waals surface area contributed by atoms with Crippen molar-refractivity contribution in [2.45, 2.75) is 26.0 Å². The summed E-state index contributed by atoms with van der Waals surface area (Å²) in [6.45, 7) is 6.90. The van der Waals surface area contributed by atoms with Crippen LogP contribution in [0.5, 0.6) is 5.75 Å². The number of amides is 1. The van der Waals surface area contributed by atoms with E-state index in [1.807, 2.05) is 68.4 Å². The number of pyridine rings is 1. The number of carbonyl (C=O) groups excluding carboxylic acids is 1. The number of morpholine rings is 1. The predicted octanol–water partition coefficient (Wildman–Crippen LogP) is 4.47. The van der Waals surface area contributed by atoms with Gasteiger partial charge in [-0.1, -0.05) is 48.6 Å². The van der Waals surface area contributed by atoms with E-state index >= 15 is 0 Å². The second-order valence-corrected chi connectivity index (χ2v) is 8.50. The Labute approximate surface area is 195 Å². The van der Waals surface area contributed by atoms with Gasteiger partial charge in [0.2, 0.25) is 0 Å². The van der Waals surface area contributed by atoms with E-state index in [2.05, 4.69) is 22.4 Å². The molecule has 2 heterocycles. The van der Waals surface area contributed by atoms with Gasteiger partial charge in [0, 0.05) is 36.6 Å². The van der Waals surface area contributed by atoms with Crippen molar-refractivity contribution in [2.24, 2.45) is 0 Å². The normalized spacial score (nSPS) is 17.0. The molecule has 0 saturated carbocycles. The van der Waals surface area contributed by atoms with Gasteiger partial charge in [0.25, 0.3) is 5.91 Å². The molecule has 6 nitrogen and oxygen atoms in total. The van der Waals surface area contributed by atoms with E-state index in [1.165, 1.54) is 0 Å². The van der Waals surface area contributed by atoms with Gasteiger partial charge in [-0.15, -0.1) is 0 Å². The van der Waals surface area contributed by atoms with Crippen LogP contribution in [-0.2, 0) is 4.74 Å². The summed E-state index contributed by atoms with van der Waals surface area (Å²) in [4.78, 5) is 20.1. The van der Waals surface area contributed by atoms with Crippen molar-refractivity contribution in [3.63, 3.8) is 0 Å². The highest BCUT2D eigenvalue weighted by atomic mass is 16.5. The summed E-state index contributed by atoms with van der Waals surface area (Å²) in [5.41, 5.74) is 3.30. The Morgan fingerprint density at radius 3 is 2.85 bits per heavy atom. The summed E-state index contributed by atoms with van der Waals surface area (Å²) in [5.74, 6) is 0.776. The average Bonchev–Trinajstić information content (AvgIpc) is 2.83. The van der Waals surface area contributed by atoms with Gasteiger partial charge in [-0.05, 0) is 32.0 Å². The first kappa shape index (κ1) is 23.0. The molecule has 33 heavy (non-hydrogen) atoms. The van der Waals surface area contributed by atoms with Gasteiger partial charge >= 0.3 is 0 Å². The van der Waals surface area contributed by atoms with Crippen LogP contribution >= 0.6 is 0 Å². The Morgan fingerprint density at radius 1 is 1.24 bits per heavy atom. The van der Waals surface area contributed by atoms with Gasteiger partial charge in [-0.2, -0.15) is 0 Å². The maximum absolute atomic E-state index is 12.9. The topological polar surface area (TPSA) is 63.7 Å². The predicted molar refractivity (Wildman–Crippen MR) is 132 cm³/mol. The van der Waals surface area contributed by atoms with Crippen molar-refractivity contribution in [1.82, 2.24) is 15.2 Å². The molecule has 1 saturated heterocycles. The third-order valence-electron chi connectivity index (χ3n) is 5.68. The number of rotatable bonds is 7. The lowest BCUT2D eigenvalue weighted by Crippen LogP contribution is -2.38. The lowest BCUT2D eigenvalue weighted by Gasteiger charge is -2.32. The summed E-state index contributed by atoms with van der Waals surface area (Å²) in [6.07, 6.45) is 4.05. The number of carbonyl (C=O) groups is 1. The molecule has 172 valence electrons. The largest absolute Gasteiger partial charge is 0.496 e. The number of nitrogens with one attached hydrogen (secondary N) is 1. The maximum atomic E-state index is 12.9. The molecule has 0 bridgehead atoms. The fourth-order valence-corrected chi connectivity index (χ4v) is 4.07. The second-order valence-electron chi connectivity index (χ2n) is 8.50. The van der Waals surface area contributed by atoms with E-state index in [0.717, 1.165) is 41.0 Å². The molecule has 1 N–H and O–H groups in total. The van der Waals surface area contributed by atoms with Crippen LogP contribution in [0.4, 0.5) is 0 Å². The number of methoxy groups -OCH3 is 1. The first-order chi connectivity index (χ1) is 16.0. The third-order valence-corrected chi connectivity index (χ3v) is 5.68. The smallest absolute Gasteiger partial charge is 0.252 e. The quantitative estimate of drug-likeness (QED) is 0.581. The molecule has 6 heteroatoms. The molecule has 1 atom stereocenters. The number of fused-ring (bicyclic) bond motifs is 1. The van der Waals surface area contributed by atoms with Crippen LogP contribution in [-0.4, -0.2) is 55.2 Å². The second kappa shape index (κ2) is 10.6. The molecule has 2 aromatic carbocycles. The minimum absolute atomic E-state index is 0.0596. The number of hydrogen-bond donors (Lipinski definition) is 1. The van der Waals surface area contributed by atoms with Gasteiger partial charge in [-0.25, -0.2) is 4.98 Å². The monoisotopic (exact) mass is 445 g/mol. The van der Waals surface area contributed by atoms with E-state index < -0.39 is 0 Å². The molecule has 1 unspecified atom stereocenters. The number of para-hydroxylation sites is 2. The minimum atomic E-state index is -0.186. The van der Waals surface area contributed by atoms with E-state index in [0.29, 0.717) is 18.7 Å². The first-order valence-electron chi connectivity index (χ1n) is 11.4. The Kier molecular flexibility index (Phi) is 7.37. The molecule has 3 aromatic rings. The zero-order chi connectivity index (χ0) is 23.2. The first-order valence-corrected chi connectivity index (χ1v) is 11.4. The zero-order valence-corrected chi connectivity index (χ0v) is 19.5. The lowest BCUT2D eigenvalue weighted by atomic mass is 10.0. The van der Waals surface area contributed by atoms with Crippen molar-refractivity contribution < 1.29 is 14.3 Å². The molecule has 1 aliphatic heterocycles. The highest BCUT2D eigenvalue weighted by Gasteiger charge is 2.24. The number of aromatic nitrogens is 1. The molecule has 0 radical (unpaired) electrons. The van der Waals surface area contributed by atoms with Crippen molar-refractivity contribution in [2.75, 3.05) is 33.4 Å². The van der Waals surface area contributed by atoms with Crippen LogP contribution in [0.3, 0.4) is 0 Å². The lowest BCUT2D eigenvalue weighted by molar-refractivity contribution is -0.0280. The van der Waals surface area contributed by atoms with E-state index in [9.17, 15) is 4.79 Å². The van der Waals surface area contributed by atoms with Crippen molar-refractivity contribution >= 4 is 22.9 Å². The third kappa shape index (κ3) is 5.59. The molecule has 1 aromatic heterocycles. The van der Waals surface area contributed by atoms with Gasteiger partial charge in [0.1, 0.15) is 11.9 Å². The zero-order valence-electron chi connectivity index (χ0n) is 19.5. The standard InChI is InChI=1S/C27H31N3O3/c1-19(2)28-27(31)22-17-24(29-23-12-6-5-11-21(22)23)26-18-30(15-16-33-26)14-8-10-20-9-4-7-13-25(20)32-3/h4-13,17,19,26H,14-16,18H2,1-3H3,(H,28,31)/b10-8+. The van der Waals surface area contributed by atoms with Gasteiger partial charge in [-0.3, -0.25) is 9.69 Å². The van der Waals surface area contributed by atoms with Crippen LogP contribution in [0.1, 0.15) is 41.6 Å². The highest BCUT2D eigenvalue weighted by molar-refractivity contribution is 6.06. The molecular weight excluding hydrogens is 414 g/mol.